The maximum atomic E-state index is 12.9. The van der Waals surface area contributed by atoms with Crippen LogP contribution in [0.25, 0.3) is 11.3 Å². The lowest BCUT2D eigenvalue weighted by molar-refractivity contribution is -0.117. The van der Waals surface area contributed by atoms with Crippen LogP contribution in [0.5, 0.6) is 0 Å². The Morgan fingerprint density at radius 2 is 1.68 bits per heavy atom. The molecule has 0 aliphatic carbocycles. The van der Waals surface area contributed by atoms with Gasteiger partial charge in [0.15, 0.2) is 0 Å². The zero-order valence-electron chi connectivity index (χ0n) is 19.3. The average Bonchev–Trinajstić information content (AvgIpc) is 3.21. The van der Waals surface area contributed by atoms with Gasteiger partial charge in [0.25, 0.3) is 5.91 Å². The quantitative estimate of drug-likeness (QED) is 0.337. The Balaban J connectivity index is 1.58. The molecule has 0 fully saturated rings. The highest BCUT2D eigenvalue weighted by atomic mass is 16.5. The van der Waals surface area contributed by atoms with Gasteiger partial charge in [0.05, 0.1) is 24.4 Å². The van der Waals surface area contributed by atoms with Crippen molar-refractivity contribution in [2.75, 3.05) is 49.4 Å². The molecule has 0 atom stereocenters. The maximum Gasteiger partial charge on any atom is 0.258 e. The number of hydrogen-bond acceptors (Lipinski definition) is 5. The van der Waals surface area contributed by atoms with E-state index >= 15 is 0 Å². The number of likely N-dealkylation sites (N-methyl/N-ethyl adjacent to an activating group) is 1. The molecule has 0 unspecified atom stereocenters. The number of carbonyl (C=O) groups excluding carboxylic acids is 2. The second-order valence-electron chi connectivity index (χ2n) is 7.91. The topological polar surface area (TPSA) is 82.7 Å². The molecule has 7 heteroatoms. The summed E-state index contributed by atoms with van der Waals surface area (Å²) in [6, 6.07) is 25.0. The molecule has 1 aliphatic heterocycles. The number of methoxy groups -OCH3 is 1. The molecule has 7 nitrogen and oxygen atoms in total. The normalized spacial score (nSPS) is 13.8. The molecule has 3 N–H and O–H groups in total. The van der Waals surface area contributed by atoms with E-state index in [0.29, 0.717) is 18.7 Å². The summed E-state index contributed by atoms with van der Waals surface area (Å²) in [5, 5.41) is 9.45. The first-order valence-corrected chi connectivity index (χ1v) is 11.1. The number of ether oxygens (including phenoxy) is 1. The SMILES string of the molecule is COCCNCC(=O)N(C)c1ccc(NC(=C2C(=O)Nc3ccccc32)c2ccccc2)cc1. The van der Waals surface area contributed by atoms with Crippen LogP contribution in [-0.2, 0) is 14.3 Å². The molecule has 1 aliphatic rings. The molecule has 34 heavy (non-hydrogen) atoms. The summed E-state index contributed by atoms with van der Waals surface area (Å²) >= 11 is 0. The van der Waals surface area contributed by atoms with Crippen molar-refractivity contribution in [1.82, 2.24) is 5.32 Å². The van der Waals surface area contributed by atoms with E-state index < -0.39 is 0 Å². The standard InChI is InChI=1S/C27H28N4O3/c1-31(24(32)18-28-16-17-34-2)21-14-12-20(13-15-21)29-26(19-8-4-3-5-9-19)25-22-10-6-7-11-23(22)30-27(25)33/h3-15,28-29H,16-18H2,1-2H3,(H,30,33). The molecule has 4 rings (SSSR count). The molecule has 0 bridgehead atoms. The Kier molecular flexibility index (Phi) is 7.37. The van der Waals surface area contributed by atoms with Crippen LogP contribution in [-0.4, -0.2) is 45.7 Å². The Morgan fingerprint density at radius 1 is 0.971 bits per heavy atom. The van der Waals surface area contributed by atoms with Crippen LogP contribution in [0, 0.1) is 0 Å². The lowest BCUT2D eigenvalue weighted by Crippen LogP contribution is -2.36. The molecule has 3 aromatic carbocycles. The van der Waals surface area contributed by atoms with Crippen molar-refractivity contribution < 1.29 is 14.3 Å². The van der Waals surface area contributed by atoms with Crippen LogP contribution in [0.4, 0.5) is 17.1 Å². The van der Waals surface area contributed by atoms with Crippen molar-refractivity contribution >= 4 is 40.1 Å². The van der Waals surface area contributed by atoms with Crippen molar-refractivity contribution in [3.8, 4) is 0 Å². The van der Waals surface area contributed by atoms with E-state index in [2.05, 4.69) is 16.0 Å². The fraction of sp³-hybridized carbons (Fsp3) is 0.185. The van der Waals surface area contributed by atoms with Gasteiger partial charge < -0.3 is 25.6 Å². The van der Waals surface area contributed by atoms with Gasteiger partial charge in [0.2, 0.25) is 5.91 Å². The second-order valence-corrected chi connectivity index (χ2v) is 7.91. The second kappa shape index (κ2) is 10.8. The predicted molar refractivity (Wildman–Crippen MR) is 137 cm³/mol. The minimum absolute atomic E-state index is 0.0388. The Labute approximate surface area is 199 Å². The summed E-state index contributed by atoms with van der Waals surface area (Å²) in [6.07, 6.45) is 0. The van der Waals surface area contributed by atoms with Crippen molar-refractivity contribution in [3.63, 3.8) is 0 Å². The lowest BCUT2D eigenvalue weighted by Gasteiger charge is -2.19. The molecule has 2 amide bonds. The minimum Gasteiger partial charge on any atom is -0.383 e. The monoisotopic (exact) mass is 456 g/mol. The number of para-hydroxylation sites is 1. The summed E-state index contributed by atoms with van der Waals surface area (Å²) in [4.78, 5) is 27.0. The predicted octanol–water partition coefficient (Wildman–Crippen LogP) is 3.82. The van der Waals surface area contributed by atoms with Crippen LogP contribution in [0.2, 0.25) is 0 Å². The van der Waals surface area contributed by atoms with E-state index in [1.54, 1.807) is 19.1 Å². The first kappa shape index (κ1) is 23.2. The van der Waals surface area contributed by atoms with E-state index in [-0.39, 0.29) is 18.4 Å². The van der Waals surface area contributed by atoms with E-state index in [9.17, 15) is 9.59 Å². The van der Waals surface area contributed by atoms with Crippen LogP contribution >= 0.6 is 0 Å². The molecule has 174 valence electrons. The van der Waals surface area contributed by atoms with Gasteiger partial charge in [-0.3, -0.25) is 9.59 Å². The third kappa shape index (κ3) is 5.17. The molecular weight excluding hydrogens is 428 g/mol. The third-order valence-electron chi connectivity index (χ3n) is 5.64. The third-order valence-corrected chi connectivity index (χ3v) is 5.64. The van der Waals surface area contributed by atoms with Gasteiger partial charge in [-0.05, 0) is 35.9 Å². The molecule has 0 saturated heterocycles. The van der Waals surface area contributed by atoms with Gasteiger partial charge in [-0.2, -0.15) is 0 Å². The summed E-state index contributed by atoms with van der Waals surface area (Å²) < 4.78 is 4.99. The fourth-order valence-electron chi connectivity index (χ4n) is 3.79. The highest BCUT2D eigenvalue weighted by Crippen LogP contribution is 2.37. The maximum absolute atomic E-state index is 12.9. The number of amides is 2. The molecule has 0 radical (unpaired) electrons. The smallest absolute Gasteiger partial charge is 0.258 e. The molecule has 0 saturated carbocycles. The number of hydrogen-bond donors (Lipinski definition) is 3. The van der Waals surface area contributed by atoms with Crippen LogP contribution in [0.3, 0.4) is 0 Å². The van der Waals surface area contributed by atoms with Gasteiger partial charge in [-0.15, -0.1) is 0 Å². The first-order valence-electron chi connectivity index (χ1n) is 11.1. The highest BCUT2D eigenvalue weighted by molar-refractivity contribution is 6.37. The lowest BCUT2D eigenvalue weighted by atomic mass is 10.00. The number of carbonyl (C=O) groups is 2. The molecular formula is C27H28N4O3. The van der Waals surface area contributed by atoms with Gasteiger partial charge in [0.1, 0.15) is 0 Å². The summed E-state index contributed by atoms with van der Waals surface area (Å²) in [5.74, 6) is -0.182. The van der Waals surface area contributed by atoms with Crippen molar-refractivity contribution in [1.29, 1.82) is 0 Å². The number of benzene rings is 3. The van der Waals surface area contributed by atoms with E-state index in [0.717, 1.165) is 33.9 Å². The van der Waals surface area contributed by atoms with Crippen molar-refractivity contribution in [2.45, 2.75) is 0 Å². The zero-order valence-corrected chi connectivity index (χ0v) is 19.3. The number of anilines is 3. The average molecular weight is 457 g/mol. The largest absolute Gasteiger partial charge is 0.383 e. The zero-order chi connectivity index (χ0) is 23.9. The Hall–Kier alpha value is -3.94. The molecule has 0 aromatic heterocycles. The summed E-state index contributed by atoms with van der Waals surface area (Å²) in [6.45, 7) is 1.41. The molecule has 0 spiro atoms. The van der Waals surface area contributed by atoms with Gasteiger partial charge in [-0.1, -0.05) is 48.5 Å². The van der Waals surface area contributed by atoms with E-state index in [1.807, 2.05) is 78.9 Å². The highest BCUT2D eigenvalue weighted by Gasteiger charge is 2.28. The number of nitrogens with zero attached hydrogens (tertiary/aromatic N) is 1. The van der Waals surface area contributed by atoms with Crippen LogP contribution in [0.1, 0.15) is 11.1 Å². The number of rotatable bonds is 9. The minimum atomic E-state index is -0.143. The fourth-order valence-corrected chi connectivity index (χ4v) is 3.79. The van der Waals surface area contributed by atoms with Crippen molar-refractivity contribution in [3.05, 3.63) is 90.0 Å². The molecule has 1 heterocycles. The van der Waals surface area contributed by atoms with Crippen LogP contribution < -0.4 is 20.9 Å². The molecule has 3 aromatic rings. The number of fused-ring (bicyclic) bond motifs is 1. The Bertz CT molecular complexity index is 1190. The van der Waals surface area contributed by atoms with Gasteiger partial charge in [-0.25, -0.2) is 0 Å². The van der Waals surface area contributed by atoms with E-state index in [1.165, 1.54) is 0 Å². The number of nitrogens with one attached hydrogen (secondary N) is 3. The first-order chi connectivity index (χ1) is 16.6. The van der Waals surface area contributed by atoms with E-state index in [4.69, 9.17) is 4.74 Å². The van der Waals surface area contributed by atoms with Crippen LogP contribution in [0.15, 0.2) is 78.9 Å². The Morgan fingerprint density at radius 3 is 2.41 bits per heavy atom. The van der Waals surface area contributed by atoms with Crippen molar-refractivity contribution in [2.24, 2.45) is 0 Å². The van der Waals surface area contributed by atoms with Gasteiger partial charge >= 0.3 is 0 Å². The van der Waals surface area contributed by atoms with Gasteiger partial charge in [0, 0.05) is 43.3 Å². The summed E-state index contributed by atoms with van der Waals surface area (Å²) in [5.41, 5.74) is 5.48. The summed E-state index contributed by atoms with van der Waals surface area (Å²) in [7, 11) is 3.38.